The second-order valence-corrected chi connectivity index (χ2v) is 4.65. The second kappa shape index (κ2) is 3.96. The molecule has 2 heterocycles. The van der Waals surface area contributed by atoms with E-state index in [0.29, 0.717) is 18.9 Å². The Hall–Kier alpha value is -1.68. The van der Waals surface area contributed by atoms with Gasteiger partial charge in [0.05, 0.1) is 10.9 Å². The van der Waals surface area contributed by atoms with Gasteiger partial charge in [0.25, 0.3) is 0 Å². The van der Waals surface area contributed by atoms with E-state index in [1.165, 1.54) is 0 Å². The van der Waals surface area contributed by atoms with Crippen LogP contribution < -0.4 is 4.90 Å². The first-order valence-corrected chi connectivity index (χ1v) is 5.84. The summed E-state index contributed by atoms with van der Waals surface area (Å²) >= 11 is 5.95. The van der Waals surface area contributed by atoms with Crippen LogP contribution in [-0.2, 0) is 4.79 Å². The lowest BCUT2D eigenvalue weighted by atomic mass is 10.2. The normalized spacial score (nSPS) is 20.2. The molecule has 0 saturated carbocycles. The standard InChI is InChI=1S/C12H10ClN3O/c13-9-5-11(17)16(7-9)12-14-6-8-3-1-2-4-10(8)15-12/h1-4,6,9H,5,7H2. The summed E-state index contributed by atoms with van der Waals surface area (Å²) in [5.41, 5.74) is 0.836. The number of nitrogens with zero attached hydrogens (tertiary/aromatic N) is 3. The Morgan fingerprint density at radius 2 is 2.18 bits per heavy atom. The van der Waals surface area contributed by atoms with Gasteiger partial charge in [0.15, 0.2) is 0 Å². The van der Waals surface area contributed by atoms with Crippen molar-refractivity contribution in [2.45, 2.75) is 11.8 Å². The third-order valence-corrected chi connectivity index (χ3v) is 3.09. The topological polar surface area (TPSA) is 46.1 Å². The highest BCUT2D eigenvalue weighted by atomic mass is 35.5. The number of halogens is 1. The molecular weight excluding hydrogens is 238 g/mol. The first-order valence-electron chi connectivity index (χ1n) is 5.40. The largest absolute Gasteiger partial charge is 0.279 e. The average molecular weight is 248 g/mol. The molecule has 1 aliphatic heterocycles. The summed E-state index contributed by atoms with van der Waals surface area (Å²) in [6.45, 7) is 0.485. The molecule has 0 spiro atoms. The van der Waals surface area contributed by atoms with Crippen LogP contribution in [0.4, 0.5) is 5.95 Å². The molecule has 1 amide bonds. The number of aromatic nitrogens is 2. The molecule has 0 bridgehead atoms. The van der Waals surface area contributed by atoms with E-state index in [9.17, 15) is 4.79 Å². The van der Waals surface area contributed by atoms with Crippen LogP contribution in [0.1, 0.15) is 6.42 Å². The number of carbonyl (C=O) groups excluding carboxylic acids is 1. The molecule has 2 aromatic rings. The number of hydrogen-bond acceptors (Lipinski definition) is 3. The summed E-state index contributed by atoms with van der Waals surface area (Å²) in [6.07, 6.45) is 2.09. The highest BCUT2D eigenvalue weighted by molar-refractivity contribution is 6.24. The molecule has 1 saturated heterocycles. The number of alkyl halides is 1. The monoisotopic (exact) mass is 247 g/mol. The summed E-state index contributed by atoms with van der Waals surface area (Å²) in [6, 6.07) is 7.69. The lowest BCUT2D eigenvalue weighted by Crippen LogP contribution is -2.26. The molecule has 5 heteroatoms. The van der Waals surface area contributed by atoms with E-state index in [2.05, 4.69) is 9.97 Å². The molecule has 1 unspecified atom stereocenters. The van der Waals surface area contributed by atoms with Crippen molar-refractivity contribution in [2.24, 2.45) is 0 Å². The van der Waals surface area contributed by atoms with Gasteiger partial charge in [0, 0.05) is 24.5 Å². The summed E-state index contributed by atoms with van der Waals surface area (Å²) in [7, 11) is 0. The third-order valence-electron chi connectivity index (χ3n) is 2.80. The van der Waals surface area contributed by atoms with Gasteiger partial charge >= 0.3 is 0 Å². The van der Waals surface area contributed by atoms with E-state index in [0.717, 1.165) is 10.9 Å². The Balaban J connectivity index is 2.03. The van der Waals surface area contributed by atoms with E-state index in [4.69, 9.17) is 11.6 Å². The van der Waals surface area contributed by atoms with Crippen LogP contribution in [0.25, 0.3) is 10.9 Å². The summed E-state index contributed by atoms with van der Waals surface area (Å²) in [4.78, 5) is 21.8. The van der Waals surface area contributed by atoms with Crippen molar-refractivity contribution in [3.63, 3.8) is 0 Å². The summed E-state index contributed by atoms with van der Waals surface area (Å²) in [5.74, 6) is 0.428. The van der Waals surface area contributed by atoms with Crippen molar-refractivity contribution in [1.82, 2.24) is 9.97 Å². The van der Waals surface area contributed by atoms with E-state index < -0.39 is 0 Å². The van der Waals surface area contributed by atoms with Gasteiger partial charge in [-0.2, -0.15) is 0 Å². The minimum absolute atomic E-state index is 0.0136. The van der Waals surface area contributed by atoms with Crippen LogP contribution in [0.3, 0.4) is 0 Å². The zero-order valence-corrected chi connectivity index (χ0v) is 9.76. The van der Waals surface area contributed by atoms with Gasteiger partial charge in [-0.15, -0.1) is 11.6 Å². The Kier molecular flexibility index (Phi) is 2.44. The quantitative estimate of drug-likeness (QED) is 0.724. The minimum Gasteiger partial charge on any atom is -0.279 e. The van der Waals surface area contributed by atoms with Crippen molar-refractivity contribution in [3.05, 3.63) is 30.5 Å². The molecule has 1 aromatic heterocycles. The number of fused-ring (bicyclic) bond motifs is 1. The van der Waals surface area contributed by atoms with E-state index >= 15 is 0 Å². The van der Waals surface area contributed by atoms with E-state index in [-0.39, 0.29) is 11.3 Å². The molecule has 1 fully saturated rings. The maximum atomic E-state index is 11.7. The minimum atomic E-state index is -0.141. The van der Waals surface area contributed by atoms with Crippen LogP contribution in [0, 0.1) is 0 Å². The maximum absolute atomic E-state index is 11.7. The smallest absolute Gasteiger partial charge is 0.232 e. The Labute approximate surface area is 103 Å². The molecule has 1 atom stereocenters. The highest BCUT2D eigenvalue weighted by Crippen LogP contribution is 2.22. The van der Waals surface area contributed by atoms with Gasteiger partial charge in [-0.1, -0.05) is 18.2 Å². The zero-order chi connectivity index (χ0) is 11.8. The van der Waals surface area contributed by atoms with Crippen molar-refractivity contribution in [2.75, 3.05) is 11.4 Å². The van der Waals surface area contributed by atoms with Gasteiger partial charge in [0.2, 0.25) is 11.9 Å². The summed E-state index contributed by atoms with van der Waals surface area (Å²) < 4.78 is 0. The molecule has 0 aliphatic carbocycles. The molecule has 1 aromatic carbocycles. The maximum Gasteiger partial charge on any atom is 0.232 e. The van der Waals surface area contributed by atoms with Crippen LogP contribution in [0.2, 0.25) is 0 Å². The van der Waals surface area contributed by atoms with Gasteiger partial charge < -0.3 is 0 Å². The lowest BCUT2D eigenvalue weighted by molar-refractivity contribution is -0.117. The fraction of sp³-hybridized carbons (Fsp3) is 0.250. The summed E-state index contributed by atoms with van der Waals surface area (Å²) in [5, 5.41) is 0.822. The van der Waals surface area contributed by atoms with Gasteiger partial charge in [0.1, 0.15) is 0 Å². The van der Waals surface area contributed by atoms with Crippen molar-refractivity contribution in [3.8, 4) is 0 Å². The van der Waals surface area contributed by atoms with Crippen molar-refractivity contribution < 1.29 is 4.79 Å². The van der Waals surface area contributed by atoms with Gasteiger partial charge in [-0.3, -0.25) is 9.69 Å². The highest BCUT2D eigenvalue weighted by Gasteiger charge is 2.30. The zero-order valence-electron chi connectivity index (χ0n) is 9.01. The molecule has 17 heavy (non-hydrogen) atoms. The lowest BCUT2D eigenvalue weighted by Gasteiger charge is -2.13. The van der Waals surface area contributed by atoms with E-state index in [1.807, 2.05) is 24.3 Å². The number of para-hydroxylation sites is 1. The molecule has 3 rings (SSSR count). The van der Waals surface area contributed by atoms with Crippen LogP contribution >= 0.6 is 11.6 Å². The molecule has 86 valence electrons. The Morgan fingerprint density at radius 3 is 2.94 bits per heavy atom. The van der Waals surface area contributed by atoms with Crippen LogP contribution in [0.15, 0.2) is 30.5 Å². The molecule has 0 N–H and O–H groups in total. The van der Waals surface area contributed by atoms with Crippen molar-refractivity contribution in [1.29, 1.82) is 0 Å². The molecule has 4 nitrogen and oxygen atoms in total. The number of amides is 1. The molecular formula is C12H10ClN3O. The molecule has 0 radical (unpaired) electrons. The predicted octanol–water partition coefficient (Wildman–Crippen LogP) is 1.97. The predicted molar refractivity (Wildman–Crippen MR) is 66.1 cm³/mol. The Morgan fingerprint density at radius 1 is 1.35 bits per heavy atom. The van der Waals surface area contributed by atoms with Gasteiger partial charge in [-0.25, -0.2) is 9.97 Å². The number of benzene rings is 1. The third kappa shape index (κ3) is 1.85. The van der Waals surface area contributed by atoms with E-state index in [1.54, 1.807) is 11.1 Å². The second-order valence-electron chi connectivity index (χ2n) is 4.03. The first-order chi connectivity index (χ1) is 8.24. The fourth-order valence-electron chi connectivity index (χ4n) is 1.95. The first kappa shape index (κ1) is 10.5. The van der Waals surface area contributed by atoms with Crippen molar-refractivity contribution >= 4 is 34.4 Å². The fourth-order valence-corrected chi connectivity index (χ4v) is 2.22. The average Bonchev–Trinajstić information content (AvgIpc) is 2.68. The van der Waals surface area contributed by atoms with Crippen LogP contribution in [-0.4, -0.2) is 27.8 Å². The Bertz CT molecular complexity index is 587. The SMILES string of the molecule is O=C1CC(Cl)CN1c1ncc2ccccc2n1. The number of rotatable bonds is 1. The molecule has 1 aliphatic rings. The van der Waals surface area contributed by atoms with Gasteiger partial charge in [-0.05, 0) is 6.07 Å². The number of hydrogen-bond donors (Lipinski definition) is 0. The number of anilines is 1. The van der Waals surface area contributed by atoms with Crippen LogP contribution in [0.5, 0.6) is 0 Å². The number of carbonyl (C=O) groups is 1.